The number of carbonyl (C=O) groups is 2. The van der Waals surface area contributed by atoms with E-state index < -0.39 is 34.5 Å². The summed E-state index contributed by atoms with van der Waals surface area (Å²) in [4.78, 5) is 23.4. The third-order valence-corrected chi connectivity index (χ3v) is 5.69. The lowest BCUT2D eigenvalue weighted by Gasteiger charge is -2.22. The molecule has 1 fully saturated rings. The maximum absolute atomic E-state index is 12.7. The first-order valence-electron chi connectivity index (χ1n) is 7.43. The van der Waals surface area contributed by atoms with Crippen molar-refractivity contribution in [2.45, 2.75) is 23.8 Å². The van der Waals surface area contributed by atoms with Crippen LogP contribution in [-0.4, -0.2) is 58.0 Å². The molecule has 0 radical (unpaired) electrons. The summed E-state index contributed by atoms with van der Waals surface area (Å²) < 4.78 is 36.5. The predicted molar refractivity (Wildman–Crippen MR) is 84.9 cm³/mol. The van der Waals surface area contributed by atoms with Crippen LogP contribution in [0.15, 0.2) is 29.2 Å². The molecule has 132 valence electrons. The van der Waals surface area contributed by atoms with Crippen molar-refractivity contribution in [2.24, 2.45) is 0 Å². The van der Waals surface area contributed by atoms with Gasteiger partial charge in [-0.3, -0.25) is 9.59 Å². The van der Waals surface area contributed by atoms with Crippen LogP contribution in [0, 0.1) is 0 Å². The predicted octanol–water partition coefficient (Wildman–Crippen LogP) is 0.138. The van der Waals surface area contributed by atoms with Gasteiger partial charge >= 0.3 is 5.97 Å². The second-order valence-electron chi connectivity index (χ2n) is 5.23. The number of hydrogen-bond acceptors (Lipinski definition) is 6. The average molecular weight is 356 g/mol. The van der Waals surface area contributed by atoms with E-state index in [2.05, 4.69) is 5.32 Å². The zero-order chi connectivity index (χ0) is 17.7. The molecular formula is C15H20N2O6S. The molecule has 1 saturated heterocycles. The van der Waals surface area contributed by atoms with E-state index in [4.69, 9.17) is 9.47 Å². The minimum atomic E-state index is -3.83. The Balaban J connectivity index is 2.15. The summed E-state index contributed by atoms with van der Waals surface area (Å²) in [7, 11) is -0.914. The van der Waals surface area contributed by atoms with Crippen LogP contribution in [0.5, 0.6) is 5.75 Å². The molecule has 0 spiro atoms. The van der Waals surface area contributed by atoms with Gasteiger partial charge in [-0.15, -0.1) is 0 Å². The van der Waals surface area contributed by atoms with Crippen LogP contribution in [0.25, 0.3) is 0 Å². The largest absolute Gasteiger partial charge is 0.497 e. The van der Waals surface area contributed by atoms with E-state index in [1.54, 1.807) is 12.1 Å². The number of methoxy groups -OCH3 is 1. The molecule has 1 aromatic carbocycles. The van der Waals surface area contributed by atoms with E-state index in [1.165, 1.54) is 26.3 Å². The van der Waals surface area contributed by atoms with Gasteiger partial charge in [0.2, 0.25) is 10.0 Å². The van der Waals surface area contributed by atoms with E-state index in [0.717, 1.165) is 4.31 Å². The molecule has 0 unspecified atom stereocenters. The number of rotatable bonds is 6. The lowest BCUT2D eigenvalue weighted by molar-refractivity contribution is -0.151. The number of amides is 1. The van der Waals surface area contributed by atoms with Gasteiger partial charge in [0.25, 0.3) is 5.91 Å². The number of nitrogens with zero attached hydrogens (tertiary/aromatic N) is 1. The standard InChI is InChI=1S/C15H20N2O6S/c1-16-14(18)10-23-15(19)13-4-3-9-17(13)24(20,21)12-7-5-11(22-2)6-8-12/h5-8,13H,3-4,9-10H2,1-2H3,(H,16,18)/t13-/m0/s1. The zero-order valence-electron chi connectivity index (χ0n) is 13.5. The van der Waals surface area contributed by atoms with Crippen LogP contribution >= 0.6 is 0 Å². The monoisotopic (exact) mass is 356 g/mol. The summed E-state index contributed by atoms with van der Waals surface area (Å²) >= 11 is 0. The summed E-state index contributed by atoms with van der Waals surface area (Å²) in [6.45, 7) is -0.198. The van der Waals surface area contributed by atoms with Gasteiger partial charge in [0, 0.05) is 13.6 Å². The summed E-state index contributed by atoms with van der Waals surface area (Å²) in [6.07, 6.45) is 0.914. The SMILES string of the molecule is CNC(=O)COC(=O)[C@@H]1CCCN1S(=O)(=O)c1ccc(OC)cc1. The Hall–Kier alpha value is -2.13. The highest BCUT2D eigenvalue weighted by molar-refractivity contribution is 7.89. The van der Waals surface area contributed by atoms with E-state index in [1.807, 2.05) is 0 Å². The minimum absolute atomic E-state index is 0.0781. The van der Waals surface area contributed by atoms with Gasteiger partial charge < -0.3 is 14.8 Å². The van der Waals surface area contributed by atoms with E-state index in [-0.39, 0.29) is 11.4 Å². The van der Waals surface area contributed by atoms with E-state index >= 15 is 0 Å². The Morgan fingerprint density at radius 3 is 2.54 bits per heavy atom. The molecule has 1 atom stereocenters. The van der Waals surface area contributed by atoms with Crippen LogP contribution < -0.4 is 10.1 Å². The molecule has 2 rings (SSSR count). The van der Waals surface area contributed by atoms with Crippen molar-refractivity contribution < 1.29 is 27.5 Å². The molecule has 0 saturated carbocycles. The number of likely N-dealkylation sites (N-methyl/N-ethyl adjacent to an activating group) is 1. The summed E-state index contributed by atoms with van der Waals surface area (Å²) in [5.74, 6) is -0.629. The van der Waals surface area contributed by atoms with Crippen molar-refractivity contribution in [1.82, 2.24) is 9.62 Å². The summed E-state index contributed by atoms with van der Waals surface area (Å²) in [5, 5.41) is 2.33. The molecule has 1 heterocycles. The van der Waals surface area contributed by atoms with Crippen molar-refractivity contribution >= 4 is 21.9 Å². The molecule has 8 nitrogen and oxygen atoms in total. The first-order valence-corrected chi connectivity index (χ1v) is 8.87. The molecule has 0 aromatic heterocycles. The lowest BCUT2D eigenvalue weighted by atomic mass is 10.2. The van der Waals surface area contributed by atoms with Gasteiger partial charge in [0.1, 0.15) is 11.8 Å². The number of sulfonamides is 1. The molecule has 0 bridgehead atoms. The highest BCUT2D eigenvalue weighted by Crippen LogP contribution is 2.27. The normalized spacial score (nSPS) is 18.2. The fraction of sp³-hybridized carbons (Fsp3) is 0.467. The molecular weight excluding hydrogens is 336 g/mol. The molecule has 1 aliphatic rings. The fourth-order valence-corrected chi connectivity index (χ4v) is 4.10. The maximum atomic E-state index is 12.7. The lowest BCUT2D eigenvalue weighted by Crippen LogP contribution is -2.42. The Kier molecular flexibility index (Phi) is 5.79. The number of hydrogen-bond donors (Lipinski definition) is 1. The Morgan fingerprint density at radius 2 is 1.96 bits per heavy atom. The smallest absolute Gasteiger partial charge is 0.324 e. The highest BCUT2D eigenvalue weighted by Gasteiger charge is 2.40. The Morgan fingerprint density at radius 1 is 1.29 bits per heavy atom. The molecule has 1 aromatic rings. The first kappa shape index (κ1) is 18.2. The van der Waals surface area contributed by atoms with Gasteiger partial charge in [-0.1, -0.05) is 0 Å². The molecule has 24 heavy (non-hydrogen) atoms. The molecule has 1 amide bonds. The van der Waals surface area contributed by atoms with Crippen molar-refractivity contribution in [3.63, 3.8) is 0 Å². The topological polar surface area (TPSA) is 102 Å². The Bertz CT molecular complexity index is 701. The van der Waals surface area contributed by atoms with Crippen LogP contribution in [0.3, 0.4) is 0 Å². The zero-order valence-corrected chi connectivity index (χ0v) is 14.3. The van der Waals surface area contributed by atoms with Crippen molar-refractivity contribution in [2.75, 3.05) is 27.3 Å². The van der Waals surface area contributed by atoms with Crippen LogP contribution in [0.1, 0.15) is 12.8 Å². The number of benzene rings is 1. The average Bonchev–Trinajstić information content (AvgIpc) is 3.10. The summed E-state index contributed by atoms with van der Waals surface area (Å²) in [5.41, 5.74) is 0. The van der Waals surface area contributed by atoms with E-state index in [9.17, 15) is 18.0 Å². The Labute approximate surface area is 140 Å². The van der Waals surface area contributed by atoms with Crippen molar-refractivity contribution in [3.8, 4) is 5.75 Å². The second-order valence-corrected chi connectivity index (χ2v) is 7.12. The van der Waals surface area contributed by atoms with Crippen molar-refractivity contribution in [1.29, 1.82) is 0 Å². The van der Waals surface area contributed by atoms with E-state index in [0.29, 0.717) is 18.6 Å². The molecule has 1 N–H and O–H groups in total. The second kappa shape index (κ2) is 7.63. The number of nitrogens with one attached hydrogen (secondary N) is 1. The van der Waals surface area contributed by atoms with Crippen LogP contribution in [0.4, 0.5) is 0 Å². The highest BCUT2D eigenvalue weighted by atomic mass is 32.2. The summed E-state index contributed by atoms with van der Waals surface area (Å²) in [6, 6.07) is 5.03. The van der Waals surface area contributed by atoms with Crippen LogP contribution in [-0.2, 0) is 24.3 Å². The number of carbonyl (C=O) groups excluding carboxylic acids is 2. The molecule has 9 heteroatoms. The first-order chi connectivity index (χ1) is 11.4. The number of esters is 1. The maximum Gasteiger partial charge on any atom is 0.324 e. The van der Waals surface area contributed by atoms with Gasteiger partial charge in [-0.05, 0) is 37.1 Å². The molecule has 0 aliphatic carbocycles. The fourth-order valence-electron chi connectivity index (χ4n) is 2.45. The van der Waals surface area contributed by atoms with Gasteiger partial charge in [0.15, 0.2) is 6.61 Å². The quantitative estimate of drug-likeness (QED) is 0.728. The van der Waals surface area contributed by atoms with Gasteiger partial charge in [0.05, 0.1) is 12.0 Å². The van der Waals surface area contributed by atoms with Gasteiger partial charge in [-0.2, -0.15) is 4.31 Å². The molecule has 1 aliphatic heterocycles. The van der Waals surface area contributed by atoms with Crippen molar-refractivity contribution in [3.05, 3.63) is 24.3 Å². The third-order valence-electron chi connectivity index (χ3n) is 3.77. The van der Waals surface area contributed by atoms with Crippen LogP contribution in [0.2, 0.25) is 0 Å². The van der Waals surface area contributed by atoms with Gasteiger partial charge in [-0.25, -0.2) is 8.42 Å². The third kappa shape index (κ3) is 3.85. The minimum Gasteiger partial charge on any atom is -0.497 e. The number of ether oxygens (including phenoxy) is 2.